The van der Waals surface area contributed by atoms with Crippen LogP contribution in [-0.2, 0) is 0 Å². The van der Waals surface area contributed by atoms with Gasteiger partial charge in [-0.3, -0.25) is 4.79 Å². The van der Waals surface area contributed by atoms with Crippen LogP contribution in [-0.4, -0.2) is 43.3 Å². The molecule has 2 aliphatic rings. The van der Waals surface area contributed by atoms with E-state index in [9.17, 15) is 13.6 Å². The van der Waals surface area contributed by atoms with Gasteiger partial charge in [0, 0.05) is 24.7 Å². The molecule has 1 aromatic rings. The van der Waals surface area contributed by atoms with Crippen LogP contribution in [0.25, 0.3) is 0 Å². The zero-order valence-electron chi connectivity index (χ0n) is 13.6. The molecule has 0 unspecified atom stereocenters. The summed E-state index contributed by atoms with van der Waals surface area (Å²) in [4.78, 5) is 14.5. The van der Waals surface area contributed by atoms with Crippen molar-refractivity contribution in [3.05, 3.63) is 35.4 Å². The van der Waals surface area contributed by atoms with Gasteiger partial charge in [-0.25, -0.2) is 0 Å². The van der Waals surface area contributed by atoms with Gasteiger partial charge in [0.15, 0.2) is 11.5 Å². The summed E-state index contributed by atoms with van der Waals surface area (Å²) in [5.41, 5.74) is 1.55. The number of halogens is 2. The topological polar surface area (TPSA) is 50.8 Å². The average molecular weight is 338 g/mol. The smallest absolute Gasteiger partial charge is 0.395 e. The number of amides is 1. The lowest BCUT2D eigenvalue weighted by molar-refractivity contribution is -0.286. The minimum atomic E-state index is -3.68. The number of rotatable bonds is 4. The lowest BCUT2D eigenvalue weighted by Crippen LogP contribution is -2.35. The monoisotopic (exact) mass is 338 g/mol. The van der Waals surface area contributed by atoms with Crippen molar-refractivity contribution in [2.45, 2.75) is 32.1 Å². The third-order valence-corrected chi connectivity index (χ3v) is 4.03. The highest BCUT2D eigenvalue weighted by Gasteiger charge is 2.43. The zero-order chi connectivity index (χ0) is 17.3. The van der Waals surface area contributed by atoms with Crippen LogP contribution in [0, 0.1) is 0 Å². The molecule has 0 aliphatic carbocycles. The number of hydrogen-bond acceptors (Lipinski definition) is 4. The second-order valence-electron chi connectivity index (χ2n) is 6.30. The van der Waals surface area contributed by atoms with E-state index in [1.165, 1.54) is 23.8 Å². The van der Waals surface area contributed by atoms with Crippen LogP contribution in [0.5, 0.6) is 11.5 Å². The summed E-state index contributed by atoms with van der Waals surface area (Å²) in [6, 6.07) is 3.97. The molecule has 0 fully saturated rings. The number of hydrogen-bond donors (Lipinski definition) is 1. The Morgan fingerprint density at radius 1 is 1.38 bits per heavy atom. The SMILES string of the molecule is C[C@@H](CC1=CCCN(C)C1)NC(=O)c1ccc2c(c1)OC(F)(F)O2. The summed E-state index contributed by atoms with van der Waals surface area (Å²) in [6.45, 7) is 3.87. The fourth-order valence-electron chi connectivity index (χ4n) is 2.97. The summed E-state index contributed by atoms with van der Waals surface area (Å²) in [7, 11) is 2.07. The van der Waals surface area contributed by atoms with E-state index in [0.29, 0.717) is 0 Å². The normalized spacial score (nSPS) is 20.4. The van der Waals surface area contributed by atoms with Gasteiger partial charge in [-0.1, -0.05) is 11.6 Å². The van der Waals surface area contributed by atoms with Crippen LogP contribution in [0.4, 0.5) is 8.78 Å². The first-order chi connectivity index (χ1) is 11.3. The Kier molecular flexibility index (Phi) is 4.45. The molecular weight excluding hydrogens is 318 g/mol. The quantitative estimate of drug-likeness (QED) is 0.858. The van der Waals surface area contributed by atoms with Crippen molar-refractivity contribution in [2.75, 3.05) is 20.1 Å². The van der Waals surface area contributed by atoms with Crippen LogP contribution >= 0.6 is 0 Å². The van der Waals surface area contributed by atoms with Gasteiger partial charge >= 0.3 is 6.29 Å². The molecule has 0 radical (unpaired) electrons. The molecule has 2 aliphatic heterocycles. The van der Waals surface area contributed by atoms with Crippen LogP contribution in [0.2, 0.25) is 0 Å². The summed E-state index contributed by atoms with van der Waals surface area (Å²) in [6.07, 6.45) is 0.317. The summed E-state index contributed by atoms with van der Waals surface area (Å²) in [5.74, 6) is -0.522. The first-order valence-corrected chi connectivity index (χ1v) is 7.89. The molecule has 130 valence electrons. The molecule has 2 heterocycles. The average Bonchev–Trinajstić information content (AvgIpc) is 2.79. The summed E-state index contributed by atoms with van der Waals surface area (Å²) < 4.78 is 34.7. The second-order valence-corrected chi connectivity index (χ2v) is 6.30. The van der Waals surface area contributed by atoms with Crippen molar-refractivity contribution >= 4 is 5.91 Å². The standard InChI is InChI=1S/C17H20F2N2O3/c1-11(8-12-4-3-7-21(2)10-12)20-16(22)13-5-6-14-15(9-13)24-17(18,19)23-14/h4-6,9,11H,3,7-8,10H2,1-2H3,(H,20,22)/t11-/m0/s1. The van der Waals surface area contributed by atoms with Gasteiger partial charge in [0.25, 0.3) is 5.91 Å². The number of ether oxygens (including phenoxy) is 2. The molecule has 0 aromatic heterocycles. The molecular formula is C17H20F2N2O3. The molecule has 0 saturated carbocycles. The Balaban J connectivity index is 1.60. The molecule has 1 aromatic carbocycles. The fourth-order valence-corrected chi connectivity index (χ4v) is 2.97. The van der Waals surface area contributed by atoms with E-state index >= 15 is 0 Å². The van der Waals surface area contributed by atoms with Crippen LogP contribution in [0.1, 0.15) is 30.1 Å². The van der Waals surface area contributed by atoms with Crippen LogP contribution in [0.3, 0.4) is 0 Å². The third kappa shape index (κ3) is 3.84. The Bertz CT molecular complexity index is 676. The molecule has 3 rings (SSSR count). The molecule has 1 amide bonds. The fraction of sp³-hybridized carbons (Fsp3) is 0.471. The van der Waals surface area contributed by atoms with Crippen molar-refractivity contribution < 1.29 is 23.0 Å². The number of likely N-dealkylation sites (N-methyl/N-ethyl adjacent to an activating group) is 1. The molecule has 0 spiro atoms. The number of nitrogens with one attached hydrogen (secondary N) is 1. The van der Waals surface area contributed by atoms with Gasteiger partial charge in [0.1, 0.15) is 0 Å². The van der Waals surface area contributed by atoms with E-state index in [1.807, 2.05) is 6.92 Å². The highest BCUT2D eigenvalue weighted by atomic mass is 19.3. The summed E-state index contributed by atoms with van der Waals surface area (Å²) >= 11 is 0. The number of benzene rings is 1. The maximum Gasteiger partial charge on any atom is 0.586 e. The van der Waals surface area contributed by atoms with Gasteiger partial charge in [0.2, 0.25) is 0 Å². The lowest BCUT2D eigenvalue weighted by atomic mass is 10.0. The molecule has 5 nitrogen and oxygen atoms in total. The van der Waals surface area contributed by atoms with E-state index in [0.717, 1.165) is 25.9 Å². The van der Waals surface area contributed by atoms with Crippen LogP contribution in [0.15, 0.2) is 29.8 Å². The molecule has 7 heteroatoms. The largest absolute Gasteiger partial charge is 0.586 e. The lowest BCUT2D eigenvalue weighted by Gasteiger charge is -2.25. The van der Waals surface area contributed by atoms with Gasteiger partial charge in [0.05, 0.1) is 0 Å². The van der Waals surface area contributed by atoms with Crippen molar-refractivity contribution in [3.8, 4) is 11.5 Å². The van der Waals surface area contributed by atoms with E-state index < -0.39 is 6.29 Å². The number of nitrogens with zero attached hydrogens (tertiary/aromatic N) is 1. The van der Waals surface area contributed by atoms with Crippen LogP contribution < -0.4 is 14.8 Å². The minimum Gasteiger partial charge on any atom is -0.395 e. The number of carbonyl (C=O) groups is 1. The molecule has 1 N–H and O–H groups in total. The molecule has 1 atom stereocenters. The summed E-state index contributed by atoms with van der Waals surface area (Å²) in [5, 5.41) is 2.89. The van der Waals surface area contributed by atoms with E-state index in [-0.39, 0.29) is 29.0 Å². The number of alkyl halides is 2. The molecule has 0 saturated heterocycles. The van der Waals surface area contributed by atoms with Crippen molar-refractivity contribution in [2.24, 2.45) is 0 Å². The second kappa shape index (κ2) is 6.39. The first kappa shape index (κ1) is 16.7. The number of fused-ring (bicyclic) bond motifs is 1. The maximum atomic E-state index is 13.0. The van der Waals surface area contributed by atoms with Crippen molar-refractivity contribution in [1.82, 2.24) is 10.2 Å². The third-order valence-electron chi connectivity index (χ3n) is 4.03. The maximum absolute atomic E-state index is 13.0. The van der Waals surface area contributed by atoms with Gasteiger partial charge in [-0.15, -0.1) is 8.78 Å². The zero-order valence-corrected chi connectivity index (χ0v) is 13.6. The minimum absolute atomic E-state index is 0.0536. The van der Waals surface area contributed by atoms with Gasteiger partial charge in [-0.05, 0) is 45.0 Å². The van der Waals surface area contributed by atoms with Crippen molar-refractivity contribution in [3.63, 3.8) is 0 Å². The van der Waals surface area contributed by atoms with Crippen molar-refractivity contribution in [1.29, 1.82) is 0 Å². The molecule has 24 heavy (non-hydrogen) atoms. The Morgan fingerprint density at radius 3 is 2.88 bits per heavy atom. The highest BCUT2D eigenvalue weighted by Crippen LogP contribution is 2.41. The van der Waals surface area contributed by atoms with Gasteiger partial charge in [-0.2, -0.15) is 0 Å². The molecule has 0 bridgehead atoms. The number of carbonyl (C=O) groups excluding carboxylic acids is 1. The predicted molar refractivity (Wildman–Crippen MR) is 84.4 cm³/mol. The van der Waals surface area contributed by atoms with E-state index in [1.54, 1.807) is 0 Å². The Morgan fingerprint density at radius 2 is 2.12 bits per heavy atom. The Labute approximate surface area is 139 Å². The van der Waals surface area contributed by atoms with Gasteiger partial charge < -0.3 is 19.7 Å². The predicted octanol–water partition coefficient (Wildman–Crippen LogP) is 2.78. The highest BCUT2D eigenvalue weighted by molar-refractivity contribution is 5.95. The van der Waals surface area contributed by atoms with E-state index in [4.69, 9.17) is 0 Å². The Hall–Kier alpha value is -2.15. The first-order valence-electron chi connectivity index (χ1n) is 7.89. The van der Waals surface area contributed by atoms with E-state index in [2.05, 4.69) is 32.8 Å².